The van der Waals surface area contributed by atoms with Crippen molar-refractivity contribution in [2.24, 2.45) is 17.3 Å². The summed E-state index contributed by atoms with van der Waals surface area (Å²) in [6, 6.07) is 0. The smallest absolute Gasteiger partial charge is 0.303 e. The maximum absolute atomic E-state index is 12.1. The first-order valence-electron chi connectivity index (χ1n) is 10.8. The zero-order chi connectivity index (χ0) is 21.6. The second-order valence-electron chi connectivity index (χ2n) is 9.88. The van der Waals surface area contributed by atoms with Gasteiger partial charge in [0.15, 0.2) is 0 Å². The van der Waals surface area contributed by atoms with Crippen molar-refractivity contribution < 1.29 is 23.8 Å². The second kappa shape index (κ2) is 7.90. The van der Waals surface area contributed by atoms with Gasteiger partial charge in [0.05, 0.1) is 11.7 Å². The Morgan fingerprint density at radius 1 is 1.14 bits per heavy atom. The molecule has 162 valence electrons. The van der Waals surface area contributed by atoms with Crippen LogP contribution in [0.2, 0.25) is 0 Å². The molecule has 2 aliphatic carbocycles. The molecular formula is C24H36O5. The molecule has 0 amide bonds. The topological polar surface area (TPSA) is 65.1 Å². The molecule has 3 aliphatic rings. The monoisotopic (exact) mass is 404 g/mol. The summed E-state index contributed by atoms with van der Waals surface area (Å²) in [5.41, 5.74) is 1.68. The van der Waals surface area contributed by atoms with Crippen molar-refractivity contribution in [1.82, 2.24) is 0 Å². The van der Waals surface area contributed by atoms with Gasteiger partial charge in [0.2, 0.25) is 0 Å². The third-order valence-corrected chi connectivity index (χ3v) is 7.36. The molecule has 1 saturated heterocycles. The standard InChI is InChI=1S/C24H36O5/c1-14(2)18-10-11-23(6)21(28-17(5)26)12-15(3)8-9-20-24(7,29-20)13-19(22(18)23)27-16(4)25/h12,18-22H,1,8-11,13H2,2-7H3/b15-12+/t18-,19-,20-,21+,22+,23+,24-/m0/s1. The number of rotatable bonds is 3. The van der Waals surface area contributed by atoms with E-state index in [-0.39, 0.29) is 53.1 Å². The Morgan fingerprint density at radius 2 is 1.79 bits per heavy atom. The van der Waals surface area contributed by atoms with Crippen molar-refractivity contribution in [3.05, 3.63) is 23.8 Å². The van der Waals surface area contributed by atoms with E-state index < -0.39 is 0 Å². The number of hydrogen-bond donors (Lipinski definition) is 0. The molecule has 0 bridgehead atoms. The number of allylic oxidation sites excluding steroid dienone is 2. The summed E-state index contributed by atoms with van der Waals surface area (Å²) >= 11 is 0. The molecule has 5 nitrogen and oxygen atoms in total. The first-order valence-corrected chi connectivity index (χ1v) is 10.8. The van der Waals surface area contributed by atoms with E-state index in [4.69, 9.17) is 14.2 Å². The highest BCUT2D eigenvalue weighted by Gasteiger charge is 2.60. The normalized spacial score (nSPS) is 43.7. The summed E-state index contributed by atoms with van der Waals surface area (Å²) in [6.45, 7) is 15.6. The van der Waals surface area contributed by atoms with Gasteiger partial charge in [-0.15, -0.1) is 0 Å². The molecule has 0 spiro atoms. The van der Waals surface area contributed by atoms with Gasteiger partial charge < -0.3 is 14.2 Å². The van der Waals surface area contributed by atoms with Gasteiger partial charge in [0, 0.05) is 31.6 Å². The highest BCUT2D eigenvalue weighted by molar-refractivity contribution is 5.67. The largest absolute Gasteiger partial charge is 0.462 e. The van der Waals surface area contributed by atoms with Gasteiger partial charge in [0.25, 0.3) is 0 Å². The molecule has 0 aromatic heterocycles. The molecule has 0 radical (unpaired) electrons. The van der Waals surface area contributed by atoms with E-state index in [1.807, 2.05) is 6.92 Å². The van der Waals surface area contributed by atoms with E-state index in [2.05, 4.69) is 33.4 Å². The van der Waals surface area contributed by atoms with Crippen molar-refractivity contribution in [2.75, 3.05) is 0 Å². The number of carbonyl (C=O) groups is 2. The Kier molecular flexibility index (Phi) is 6.01. The molecule has 29 heavy (non-hydrogen) atoms. The quantitative estimate of drug-likeness (QED) is 0.386. The van der Waals surface area contributed by atoms with Gasteiger partial charge in [0.1, 0.15) is 12.2 Å². The molecule has 0 aromatic rings. The van der Waals surface area contributed by atoms with Crippen LogP contribution in [0, 0.1) is 17.3 Å². The molecule has 1 aliphatic heterocycles. The van der Waals surface area contributed by atoms with Crippen molar-refractivity contribution >= 4 is 11.9 Å². The van der Waals surface area contributed by atoms with Crippen molar-refractivity contribution in [3.8, 4) is 0 Å². The van der Waals surface area contributed by atoms with Gasteiger partial charge >= 0.3 is 11.9 Å². The predicted molar refractivity (Wildman–Crippen MR) is 111 cm³/mol. The molecule has 7 atom stereocenters. The average molecular weight is 405 g/mol. The second-order valence-corrected chi connectivity index (χ2v) is 9.88. The molecule has 0 N–H and O–H groups in total. The van der Waals surface area contributed by atoms with Gasteiger partial charge in [-0.2, -0.15) is 0 Å². The van der Waals surface area contributed by atoms with Gasteiger partial charge in [-0.1, -0.05) is 24.6 Å². The molecule has 2 fully saturated rings. The van der Waals surface area contributed by atoms with Gasteiger partial charge in [-0.05, 0) is 58.4 Å². The maximum Gasteiger partial charge on any atom is 0.303 e. The lowest BCUT2D eigenvalue weighted by Gasteiger charge is -2.43. The number of ether oxygens (including phenoxy) is 3. The highest BCUT2D eigenvalue weighted by Crippen LogP contribution is 2.57. The van der Waals surface area contributed by atoms with Crippen molar-refractivity contribution in [1.29, 1.82) is 0 Å². The van der Waals surface area contributed by atoms with E-state index in [0.717, 1.165) is 31.3 Å². The lowest BCUT2D eigenvalue weighted by molar-refractivity contribution is -0.163. The van der Waals surface area contributed by atoms with Crippen LogP contribution in [0.25, 0.3) is 0 Å². The summed E-state index contributed by atoms with van der Waals surface area (Å²) in [5.74, 6) is -0.347. The molecular weight excluding hydrogens is 368 g/mol. The minimum absolute atomic E-state index is 0.0112. The minimum atomic E-state index is -0.351. The van der Waals surface area contributed by atoms with Crippen molar-refractivity contribution in [2.45, 2.75) is 97.6 Å². The van der Waals surface area contributed by atoms with Crippen LogP contribution in [0.15, 0.2) is 23.8 Å². The highest BCUT2D eigenvalue weighted by atomic mass is 16.6. The summed E-state index contributed by atoms with van der Waals surface area (Å²) in [6.07, 6.45) is 5.94. The Hall–Kier alpha value is -1.62. The van der Waals surface area contributed by atoms with Crippen LogP contribution >= 0.6 is 0 Å². The van der Waals surface area contributed by atoms with Gasteiger partial charge in [-0.3, -0.25) is 9.59 Å². The van der Waals surface area contributed by atoms with E-state index in [0.29, 0.717) is 6.42 Å². The van der Waals surface area contributed by atoms with Crippen LogP contribution in [0.5, 0.6) is 0 Å². The first kappa shape index (κ1) is 22.1. The van der Waals surface area contributed by atoms with E-state index in [1.165, 1.54) is 19.4 Å². The van der Waals surface area contributed by atoms with E-state index >= 15 is 0 Å². The SMILES string of the molecule is C=C(C)[C@@H]1CC[C@@]2(C)[C@H]1[C@@H](OC(C)=O)C[C@]1(C)O[C@H]1CC/C(C)=C/[C@H]2OC(C)=O. The third kappa shape index (κ3) is 4.45. The van der Waals surface area contributed by atoms with Crippen LogP contribution in [0.4, 0.5) is 0 Å². The predicted octanol–water partition coefficient (Wildman–Crippen LogP) is 4.75. The molecule has 5 heteroatoms. The summed E-state index contributed by atoms with van der Waals surface area (Å²) in [5, 5.41) is 0. The van der Waals surface area contributed by atoms with Crippen molar-refractivity contribution in [3.63, 3.8) is 0 Å². The van der Waals surface area contributed by atoms with Gasteiger partial charge in [-0.25, -0.2) is 0 Å². The molecule has 1 saturated carbocycles. The lowest BCUT2D eigenvalue weighted by atomic mass is 9.67. The number of epoxide rings is 1. The summed E-state index contributed by atoms with van der Waals surface area (Å²) < 4.78 is 17.9. The Balaban J connectivity index is 2.10. The van der Waals surface area contributed by atoms with Crippen LogP contribution in [0.1, 0.15) is 73.6 Å². The zero-order valence-electron chi connectivity index (χ0n) is 18.7. The Labute approximate surface area is 174 Å². The molecule has 3 rings (SSSR count). The number of carbonyl (C=O) groups excluding carboxylic acids is 2. The van der Waals surface area contributed by atoms with Crippen LogP contribution < -0.4 is 0 Å². The average Bonchev–Trinajstić information content (AvgIpc) is 3.07. The van der Waals surface area contributed by atoms with E-state index in [1.54, 1.807) is 0 Å². The molecule has 1 heterocycles. The third-order valence-electron chi connectivity index (χ3n) is 7.36. The van der Waals surface area contributed by atoms with Crippen LogP contribution in [-0.4, -0.2) is 35.9 Å². The molecule has 0 unspecified atom stereocenters. The fourth-order valence-electron chi connectivity index (χ4n) is 5.77. The zero-order valence-corrected chi connectivity index (χ0v) is 18.7. The number of esters is 2. The minimum Gasteiger partial charge on any atom is -0.462 e. The first-order chi connectivity index (χ1) is 13.5. The van der Waals surface area contributed by atoms with Crippen LogP contribution in [-0.2, 0) is 23.8 Å². The fraction of sp³-hybridized carbons (Fsp3) is 0.750. The molecule has 0 aromatic carbocycles. The summed E-state index contributed by atoms with van der Waals surface area (Å²) in [4.78, 5) is 24.0. The number of hydrogen-bond acceptors (Lipinski definition) is 5. The maximum atomic E-state index is 12.1. The Bertz CT molecular complexity index is 725. The number of fused-ring (bicyclic) bond motifs is 2. The van der Waals surface area contributed by atoms with E-state index in [9.17, 15) is 9.59 Å². The lowest BCUT2D eigenvalue weighted by Crippen LogP contribution is -2.47. The fourth-order valence-corrected chi connectivity index (χ4v) is 5.77. The Morgan fingerprint density at radius 3 is 2.38 bits per heavy atom. The summed E-state index contributed by atoms with van der Waals surface area (Å²) in [7, 11) is 0. The van der Waals surface area contributed by atoms with Crippen LogP contribution in [0.3, 0.4) is 0 Å².